The number of fused-ring (bicyclic) bond motifs is 1. The molecule has 0 fully saturated rings. The molecule has 1 N–H and O–H groups in total. The van der Waals surface area contributed by atoms with Crippen molar-refractivity contribution < 1.29 is 4.79 Å². The Hall–Kier alpha value is -2.30. The van der Waals surface area contributed by atoms with Gasteiger partial charge in [-0.2, -0.15) is 0 Å². The van der Waals surface area contributed by atoms with Gasteiger partial charge in [-0.3, -0.25) is 4.79 Å². The summed E-state index contributed by atoms with van der Waals surface area (Å²) >= 11 is 0. The molecule has 0 radical (unpaired) electrons. The fourth-order valence-electron chi connectivity index (χ4n) is 2.31. The summed E-state index contributed by atoms with van der Waals surface area (Å²) in [5.74, 6) is -0.0447. The first-order chi connectivity index (χ1) is 9.25. The molecule has 2 heterocycles. The lowest BCUT2D eigenvalue weighted by molar-refractivity contribution is 0.0983. The molecule has 0 bridgehead atoms. The van der Waals surface area contributed by atoms with E-state index in [1.165, 1.54) is 0 Å². The molecule has 0 spiro atoms. The molecule has 0 saturated carbocycles. The summed E-state index contributed by atoms with van der Waals surface area (Å²) in [6, 6.07) is 7.89. The quantitative estimate of drug-likeness (QED) is 0.847. The van der Waals surface area contributed by atoms with Crippen molar-refractivity contribution in [3.05, 3.63) is 42.5 Å². The summed E-state index contributed by atoms with van der Waals surface area (Å²) in [5, 5.41) is 3.35. The minimum absolute atomic E-state index is 0.0447. The van der Waals surface area contributed by atoms with Crippen LogP contribution < -0.4 is 10.2 Å². The van der Waals surface area contributed by atoms with Gasteiger partial charge in [-0.1, -0.05) is 12.1 Å². The van der Waals surface area contributed by atoms with E-state index < -0.39 is 0 Å². The van der Waals surface area contributed by atoms with Gasteiger partial charge < -0.3 is 14.8 Å². The van der Waals surface area contributed by atoms with Crippen LogP contribution in [0.4, 0.5) is 11.4 Å². The highest BCUT2D eigenvalue weighted by Crippen LogP contribution is 2.28. The number of rotatable bonds is 1. The van der Waals surface area contributed by atoms with E-state index in [1.807, 2.05) is 31.3 Å². The zero-order valence-corrected chi connectivity index (χ0v) is 10.8. The molecule has 0 aliphatic carbocycles. The largest absolute Gasteiger partial charge is 0.383 e. The Morgan fingerprint density at radius 1 is 1.37 bits per heavy atom. The molecular weight excluding hydrogens is 240 g/mol. The number of amides is 1. The summed E-state index contributed by atoms with van der Waals surface area (Å²) in [7, 11) is 1.86. The second kappa shape index (κ2) is 4.76. The number of carbonyl (C=O) groups excluding carboxylic acids is 1. The maximum atomic E-state index is 12.6. The summed E-state index contributed by atoms with van der Waals surface area (Å²) in [6.45, 7) is 1.59. The van der Waals surface area contributed by atoms with Crippen molar-refractivity contribution in [2.75, 3.05) is 23.3 Å². The van der Waals surface area contributed by atoms with Crippen molar-refractivity contribution in [3.8, 4) is 0 Å². The van der Waals surface area contributed by atoms with E-state index in [-0.39, 0.29) is 5.91 Å². The van der Waals surface area contributed by atoms with Crippen molar-refractivity contribution in [1.82, 2.24) is 9.55 Å². The van der Waals surface area contributed by atoms with Crippen LogP contribution in [0.2, 0.25) is 0 Å². The fourth-order valence-corrected chi connectivity index (χ4v) is 2.31. The standard InChI is InChI=1S/C14H16N4O/c1-17-9-12(16-10-17)14(19)18-8-4-7-15-11-5-2-3-6-13(11)18/h2-3,5-6,9-10,15H,4,7-8H2,1H3. The van der Waals surface area contributed by atoms with Gasteiger partial charge in [-0.25, -0.2) is 4.98 Å². The van der Waals surface area contributed by atoms with Gasteiger partial charge in [0, 0.05) is 26.3 Å². The van der Waals surface area contributed by atoms with Crippen molar-refractivity contribution in [3.63, 3.8) is 0 Å². The van der Waals surface area contributed by atoms with E-state index >= 15 is 0 Å². The molecule has 1 amide bonds. The number of carbonyl (C=O) groups is 1. The number of benzene rings is 1. The summed E-state index contributed by atoms with van der Waals surface area (Å²) in [5.41, 5.74) is 2.42. The highest BCUT2D eigenvalue weighted by Gasteiger charge is 2.23. The molecule has 0 unspecified atom stereocenters. The smallest absolute Gasteiger partial charge is 0.278 e. The molecule has 1 aromatic carbocycles. The number of imidazole rings is 1. The third-order valence-electron chi connectivity index (χ3n) is 3.24. The van der Waals surface area contributed by atoms with E-state index in [2.05, 4.69) is 10.3 Å². The molecule has 2 aromatic rings. The second-order valence-electron chi connectivity index (χ2n) is 4.68. The van der Waals surface area contributed by atoms with Crippen LogP contribution in [0.1, 0.15) is 16.9 Å². The van der Waals surface area contributed by atoms with Crippen LogP contribution in [0.3, 0.4) is 0 Å². The third-order valence-corrected chi connectivity index (χ3v) is 3.24. The lowest BCUT2D eigenvalue weighted by atomic mass is 10.2. The number of aromatic nitrogens is 2. The highest BCUT2D eigenvalue weighted by atomic mass is 16.2. The van der Waals surface area contributed by atoms with Crippen molar-refractivity contribution in [1.29, 1.82) is 0 Å². The average Bonchev–Trinajstić information content (AvgIpc) is 2.74. The Morgan fingerprint density at radius 2 is 2.21 bits per heavy atom. The van der Waals surface area contributed by atoms with Crippen molar-refractivity contribution in [2.24, 2.45) is 7.05 Å². The average molecular weight is 256 g/mol. The number of hydrogen-bond acceptors (Lipinski definition) is 3. The van der Waals surface area contributed by atoms with Gasteiger partial charge in [0.05, 0.1) is 17.7 Å². The van der Waals surface area contributed by atoms with Gasteiger partial charge in [0.15, 0.2) is 0 Å². The third kappa shape index (κ3) is 2.19. The summed E-state index contributed by atoms with van der Waals surface area (Å²) in [6.07, 6.45) is 4.33. The van der Waals surface area contributed by atoms with E-state index in [0.29, 0.717) is 12.2 Å². The van der Waals surface area contributed by atoms with Crippen LogP contribution in [0.25, 0.3) is 0 Å². The SMILES string of the molecule is Cn1cnc(C(=O)N2CCCNc3ccccc32)c1. The molecule has 0 saturated heterocycles. The zero-order valence-electron chi connectivity index (χ0n) is 10.8. The Balaban J connectivity index is 1.98. The number of nitrogens with one attached hydrogen (secondary N) is 1. The first kappa shape index (κ1) is 11.8. The normalized spacial score (nSPS) is 14.5. The predicted molar refractivity (Wildman–Crippen MR) is 74.4 cm³/mol. The Labute approximate surface area is 111 Å². The molecule has 5 nitrogen and oxygen atoms in total. The van der Waals surface area contributed by atoms with Crippen LogP contribution in [0, 0.1) is 0 Å². The van der Waals surface area contributed by atoms with Crippen LogP contribution in [-0.4, -0.2) is 28.5 Å². The maximum absolute atomic E-state index is 12.6. The number of hydrogen-bond donors (Lipinski definition) is 1. The van der Waals surface area contributed by atoms with Crippen LogP contribution in [0.5, 0.6) is 0 Å². The van der Waals surface area contributed by atoms with Crippen molar-refractivity contribution in [2.45, 2.75) is 6.42 Å². The number of aryl methyl sites for hydroxylation is 1. The lowest BCUT2D eigenvalue weighted by Crippen LogP contribution is -2.31. The molecular formula is C14H16N4O. The predicted octanol–water partition coefficient (Wildman–Crippen LogP) is 1.88. The van der Waals surface area contributed by atoms with E-state index in [4.69, 9.17) is 0 Å². The molecule has 1 aliphatic rings. The molecule has 5 heteroatoms. The Morgan fingerprint density at radius 3 is 3.00 bits per heavy atom. The van der Waals surface area contributed by atoms with Gasteiger partial charge in [-0.05, 0) is 18.6 Å². The molecule has 0 atom stereocenters. The van der Waals surface area contributed by atoms with Crippen LogP contribution >= 0.6 is 0 Å². The number of para-hydroxylation sites is 2. The second-order valence-corrected chi connectivity index (χ2v) is 4.68. The fraction of sp³-hybridized carbons (Fsp3) is 0.286. The van der Waals surface area contributed by atoms with E-state index in [1.54, 1.807) is 22.0 Å². The molecule has 1 aromatic heterocycles. The topological polar surface area (TPSA) is 50.2 Å². The van der Waals surface area contributed by atoms with Gasteiger partial charge in [0.25, 0.3) is 5.91 Å². The highest BCUT2D eigenvalue weighted by molar-refractivity contribution is 6.06. The minimum Gasteiger partial charge on any atom is -0.383 e. The summed E-state index contributed by atoms with van der Waals surface area (Å²) < 4.78 is 1.79. The zero-order chi connectivity index (χ0) is 13.2. The van der Waals surface area contributed by atoms with Gasteiger partial charge >= 0.3 is 0 Å². The lowest BCUT2D eigenvalue weighted by Gasteiger charge is -2.21. The molecule has 98 valence electrons. The number of anilines is 2. The minimum atomic E-state index is -0.0447. The molecule has 3 rings (SSSR count). The van der Waals surface area contributed by atoms with Gasteiger partial charge in [0.2, 0.25) is 0 Å². The first-order valence-electron chi connectivity index (χ1n) is 6.38. The first-order valence-corrected chi connectivity index (χ1v) is 6.38. The molecule has 19 heavy (non-hydrogen) atoms. The van der Waals surface area contributed by atoms with E-state index in [9.17, 15) is 4.79 Å². The van der Waals surface area contributed by atoms with Crippen LogP contribution in [-0.2, 0) is 7.05 Å². The van der Waals surface area contributed by atoms with Gasteiger partial charge in [0.1, 0.15) is 5.69 Å². The van der Waals surface area contributed by atoms with Gasteiger partial charge in [-0.15, -0.1) is 0 Å². The Kier molecular flexibility index (Phi) is 2.95. The number of nitrogens with zero attached hydrogens (tertiary/aromatic N) is 3. The monoisotopic (exact) mass is 256 g/mol. The maximum Gasteiger partial charge on any atom is 0.278 e. The summed E-state index contributed by atoms with van der Waals surface area (Å²) in [4.78, 5) is 18.5. The molecule has 1 aliphatic heterocycles. The van der Waals surface area contributed by atoms with E-state index in [0.717, 1.165) is 24.3 Å². The van der Waals surface area contributed by atoms with Crippen molar-refractivity contribution >= 4 is 17.3 Å². The Bertz CT molecular complexity index is 605. The van der Waals surface area contributed by atoms with Crippen LogP contribution in [0.15, 0.2) is 36.8 Å².